The number of nitrogens with one attached hydrogen (secondary N) is 1. The van der Waals surface area contributed by atoms with Gasteiger partial charge in [-0.05, 0) is 36.6 Å². The van der Waals surface area contributed by atoms with Crippen LogP contribution in [0, 0.1) is 17.2 Å². The zero-order chi connectivity index (χ0) is 16.5. The number of rotatable bonds is 5. The lowest BCUT2D eigenvalue weighted by Crippen LogP contribution is -2.45. The average Bonchev–Trinajstić information content (AvgIpc) is 2.61. The van der Waals surface area contributed by atoms with Gasteiger partial charge in [-0.15, -0.1) is 0 Å². The number of hydrogen-bond donors (Lipinski definition) is 1. The summed E-state index contributed by atoms with van der Waals surface area (Å²) in [5, 5.41) is 11.2. The third-order valence-electron chi connectivity index (χ3n) is 3.76. The molecule has 1 unspecified atom stereocenters. The molecule has 1 aliphatic heterocycles. The average molecular weight is 312 g/mol. The summed E-state index contributed by atoms with van der Waals surface area (Å²) in [6.07, 6.45) is 8.52. The lowest BCUT2D eigenvalue weighted by Gasteiger charge is -2.31. The number of likely N-dealkylation sites (tertiary alicyclic amines) is 1. The van der Waals surface area contributed by atoms with E-state index in [-0.39, 0.29) is 17.7 Å². The predicted molar refractivity (Wildman–Crippen MR) is 85.8 cm³/mol. The predicted octanol–water partition coefficient (Wildman–Crippen LogP) is 1.36. The number of nitriles is 1. The van der Waals surface area contributed by atoms with Crippen LogP contribution in [0.1, 0.15) is 24.8 Å². The van der Waals surface area contributed by atoms with E-state index in [1.165, 1.54) is 6.08 Å². The van der Waals surface area contributed by atoms with E-state index >= 15 is 0 Å². The fourth-order valence-electron chi connectivity index (χ4n) is 2.52. The van der Waals surface area contributed by atoms with E-state index in [0.29, 0.717) is 26.1 Å². The third-order valence-corrected chi connectivity index (χ3v) is 3.76. The van der Waals surface area contributed by atoms with Gasteiger partial charge in [0.25, 0.3) is 0 Å². The molecule has 1 aliphatic rings. The number of nitrogens with zero attached hydrogens (tertiary/aromatic N) is 3. The highest BCUT2D eigenvalue weighted by molar-refractivity contribution is 5.92. The van der Waals surface area contributed by atoms with Gasteiger partial charge < -0.3 is 10.2 Å². The van der Waals surface area contributed by atoms with Crippen molar-refractivity contribution >= 4 is 17.9 Å². The van der Waals surface area contributed by atoms with Crippen LogP contribution in [0.4, 0.5) is 0 Å². The Labute approximate surface area is 135 Å². The van der Waals surface area contributed by atoms with E-state index < -0.39 is 0 Å². The maximum Gasteiger partial charge on any atom is 0.246 e. The topological polar surface area (TPSA) is 86.1 Å². The maximum absolute atomic E-state index is 12.2. The minimum absolute atomic E-state index is 0.0733. The van der Waals surface area contributed by atoms with E-state index in [1.807, 2.05) is 18.2 Å². The lowest BCUT2D eigenvalue weighted by molar-refractivity contribution is -0.132. The Kier molecular flexibility index (Phi) is 6.30. The van der Waals surface area contributed by atoms with Crippen molar-refractivity contribution in [1.29, 1.82) is 5.26 Å². The number of amides is 2. The number of aromatic nitrogens is 1. The summed E-state index contributed by atoms with van der Waals surface area (Å²) in [6.45, 7) is 1.46. The summed E-state index contributed by atoms with van der Waals surface area (Å²) in [4.78, 5) is 29.9. The summed E-state index contributed by atoms with van der Waals surface area (Å²) in [5.41, 5.74) is 0.913. The molecule has 6 nitrogen and oxygen atoms in total. The molecule has 1 atom stereocenters. The minimum atomic E-state index is -0.194. The van der Waals surface area contributed by atoms with Gasteiger partial charge in [0, 0.05) is 38.1 Å². The molecule has 0 spiro atoms. The molecule has 2 heterocycles. The maximum atomic E-state index is 12.2. The van der Waals surface area contributed by atoms with Crippen LogP contribution in [0.5, 0.6) is 0 Å². The Morgan fingerprint density at radius 1 is 1.43 bits per heavy atom. The van der Waals surface area contributed by atoms with Crippen molar-refractivity contribution in [3.63, 3.8) is 0 Å². The Morgan fingerprint density at radius 3 is 2.96 bits per heavy atom. The van der Waals surface area contributed by atoms with Gasteiger partial charge in [0.1, 0.15) is 0 Å². The molecule has 23 heavy (non-hydrogen) atoms. The Hall–Kier alpha value is -2.68. The molecule has 2 rings (SSSR count). The van der Waals surface area contributed by atoms with Gasteiger partial charge in [-0.1, -0.05) is 0 Å². The zero-order valence-corrected chi connectivity index (χ0v) is 12.9. The molecule has 0 aromatic carbocycles. The number of pyridine rings is 1. The standard InChI is InChI=1S/C17H20N4O2/c18-8-2-9-20-17(23)15-3-1-12-21(13-15)16(22)5-4-14-6-10-19-11-7-14/h4-7,10-11,15H,1-3,9,12-13H2,(H,20,23). The van der Waals surface area contributed by atoms with Crippen molar-refractivity contribution in [2.45, 2.75) is 19.3 Å². The van der Waals surface area contributed by atoms with Gasteiger partial charge >= 0.3 is 0 Å². The highest BCUT2D eigenvalue weighted by Gasteiger charge is 2.27. The molecule has 0 bridgehead atoms. The number of hydrogen-bond acceptors (Lipinski definition) is 4. The molecule has 120 valence electrons. The van der Waals surface area contributed by atoms with Crippen LogP contribution in [0.2, 0.25) is 0 Å². The SMILES string of the molecule is N#CCCNC(=O)C1CCCN(C(=O)C=Cc2ccncc2)C1. The normalized spacial score (nSPS) is 17.7. The van der Waals surface area contributed by atoms with Crippen molar-refractivity contribution in [2.24, 2.45) is 5.92 Å². The third kappa shape index (κ3) is 5.22. The van der Waals surface area contributed by atoms with E-state index in [4.69, 9.17) is 5.26 Å². The fourth-order valence-corrected chi connectivity index (χ4v) is 2.52. The molecule has 1 fully saturated rings. The number of carbonyl (C=O) groups is 2. The van der Waals surface area contributed by atoms with E-state index in [0.717, 1.165) is 18.4 Å². The van der Waals surface area contributed by atoms with Gasteiger partial charge in [0.15, 0.2) is 0 Å². The van der Waals surface area contributed by atoms with Crippen LogP contribution in [0.15, 0.2) is 30.6 Å². The number of piperidine rings is 1. The number of carbonyl (C=O) groups excluding carboxylic acids is 2. The first kappa shape index (κ1) is 16.7. The smallest absolute Gasteiger partial charge is 0.246 e. The van der Waals surface area contributed by atoms with Crippen LogP contribution in [-0.4, -0.2) is 41.3 Å². The van der Waals surface area contributed by atoms with Crippen LogP contribution in [-0.2, 0) is 9.59 Å². The molecule has 1 saturated heterocycles. The van der Waals surface area contributed by atoms with Gasteiger partial charge in [-0.2, -0.15) is 5.26 Å². The molecule has 0 aliphatic carbocycles. The Bertz CT molecular complexity index is 607. The fraction of sp³-hybridized carbons (Fsp3) is 0.412. The summed E-state index contributed by atoms with van der Waals surface area (Å²) < 4.78 is 0. The first-order valence-electron chi connectivity index (χ1n) is 7.72. The Morgan fingerprint density at radius 2 is 2.22 bits per heavy atom. The summed E-state index contributed by atoms with van der Waals surface area (Å²) in [7, 11) is 0. The Balaban J connectivity index is 1.87. The van der Waals surface area contributed by atoms with Gasteiger partial charge in [0.05, 0.1) is 18.4 Å². The molecule has 1 aromatic heterocycles. The van der Waals surface area contributed by atoms with Crippen LogP contribution < -0.4 is 5.32 Å². The van der Waals surface area contributed by atoms with Crippen molar-refractivity contribution in [3.05, 3.63) is 36.2 Å². The molecule has 1 N–H and O–H groups in total. The highest BCUT2D eigenvalue weighted by atomic mass is 16.2. The summed E-state index contributed by atoms with van der Waals surface area (Å²) in [6, 6.07) is 5.64. The molecule has 2 amide bonds. The molecule has 0 radical (unpaired) electrons. The van der Waals surface area contributed by atoms with E-state index in [1.54, 1.807) is 23.4 Å². The largest absolute Gasteiger partial charge is 0.355 e. The molecular formula is C17H20N4O2. The second-order valence-electron chi connectivity index (χ2n) is 5.44. The molecule has 6 heteroatoms. The first-order valence-corrected chi connectivity index (χ1v) is 7.72. The molecule has 1 aromatic rings. The van der Waals surface area contributed by atoms with Crippen molar-refractivity contribution in [3.8, 4) is 6.07 Å². The summed E-state index contributed by atoms with van der Waals surface area (Å²) >= 11 is 0. The van der Waals surface area contributed by atoms with Gasteiger partial charge in [-0.3, -0.25) is 14.6 Å². The van der Waals surface area contributed by atoms with E-state index in [9.17, 15) is 9.59 Å². The summed E-state index contributed by atoms with van der Waals surface area (Å²) in [5.74, 6) is -0.354. The van der Waals surface area contributed by atoms with Crippen LogP contribution in [0.3, 0.4) is 0 Å². The second kappa shape index (κ2) is 8.69. The van der Waals surface area contributed by atoms with Crippen LogP contribution >= 0.6 is 0 Å². The minimum Gasteiger partial charge on any atom is -0.355 e. The van der Waals surface area contributed by atoms with Gasteiger partial charge in [0.2, 0.25) is 11.8 Å². The van der Waals surface area contributed by atoms with Gasteiger partial charge in [-0.25, -0.2) is 0 Å². The van der Waals surface area contributed by atoms with Crippen molar-refractivity contribution in [2.75, 3.05) is 19.6 Å². The molecular weight excluding hydrogens is 292 g/mol. The monoisotopic (exact) mass is 312 g/mol. The quantitative estimate of drug-likeness (QED) is 0.657. The second-order valence-corrected chi connectivity index (χ2v) is 5.44. The zero-order valence-electron chi connectivity index (χ0n) is 12.9. The van der Waals surface area contributed by atoms with Crippen molar-refractivity contribution in [1.82, 2.24) is 15.2 Å². The lowest BCUT2D eigenvalue weighted by atomic mass is 9.97. The van der Waals surface area contributed by atoms with Crippen molar-refractivity contribution < 1.29 is 9.59 Å². The highest BCUT2D eigenvalue weighted by Crippen LogP contribution is 2.17. The van der Waals surface area contributed by atoms with E-state index in [2.05, 4.69) is 10.3 Å². The van der Waals surface area contributed by atoms with Crippen LogP contribution in [0.25, 0.3) is 6.08 Å². The first-order chi connectivity index (χ1) is 11.2. The molecule has 0 saturated carbocycles.